The molecular weight excluding hydrogens is 368 g/mol. The molecule has 1 fully saturated rings. The monoisotopic (exact) mass is 386 g/mol. The number of pyridine rings is 1. The molecule has 1 amide bonds. The Morgan fingerprint density at radius 2 is 2.00 bits per heavy atom. The van der Waals surface area contributed by atoms with E-state index >= 15 is 0 Å². The minimum Gasteiger partial charge on any atom is -0.342 e. The molecule has 0 spiro atoms. The number of halogens is 1. The minimum atomic E-state index is -1.17. The smallest absolute Gasteiger partial charge is 0.219 e. The lowest BCUT2D eigenvalue weighted by Crippen LogP contribution is -2.34. The number of amides is 1. The van der Waals surface area contributed by atoms with Crippen LogP contribution in [0.25, 0.3) is 5.57 Å². The number of aromatic nitrogens is 1. The summed E-state index contributed by atoms with van der Waals surface area (Å²) in [6.45, 7) is 3.03. The molecule has 2 aromatic rings. The fourth-order valence-corrected chi connectivity index (χ4v) is 5.30. The van der Waals surface area contributed by atoms with Gasteiger partial charge in [0.15, 0.2) is 0 Å². The summed E-state index contributed by atoms with van der Waals surface area (Å²) in [4.78, 5) is 18.9. The number of hydrogen-bond acceptors (Lipinski definition) is 3. The van der Waals surface area contributed by atoms with Crippen molar-refractivity contribution in [2.24, 2.45) is 0 Å². The second-order valence-corrected chi connectivity index (χ2v) is 8.48. The van der Waals surface area contributed by atoms with E-state index in [9.17, 15) is 9.00 Å². The third-order valence-corrected chi connectivity index (χ3v) is 6.68. The van der Waals surface area contributed by atoms with Gasteiger partial charge in [0, 0.05) is 47.3 Å². The first kappa shape index (κ1) is 17.4. The highest BCUT2D eigenvalue weighted by molar-refractivity contribution is 7.84. The number of likely N-dealkylation sites (tertiary alicyclic amines) is 1. The van der Waals surface area contributed by atoms with Crippen molar-refractivity contribution in [1.82, 2.24) is 9.88 Å². The number of nitrogens with zero attached hydrogens (tertiary/aromatic N) is 2. The standard InChI is InChI=1S/C20H19ClN2O2S/c1-13(24)23-9-6-14(7-10-23)19-17-5-4-16(21)11-18(17)26(25)12-15-3-2-8-22-20(15)19/h2-5,8,11H,6-7,9-10,12H2,1H3. The first-order valence-corrected chi connectivity index (χ1v) is 10.3. The molecular formula is C20H19ClN2O2S. The molecule has 2 aliphatic rings. The van der Waals surface area contributed by atoms with Crippen LogP contribution >= 0.6 is 11.6 Å². The molecule has 0 bridgehead atoms. The molecule has 26 heavy (non-hydrogen) atoms. The maximum Gasteiger partial charge on any atom is 0.219 e. The van der Waals surface area contributed by atoms with Crippen molar-refractivity contribution < 1.29 is 9.00 Å². The molecule has 1 atom stereocenters. The average Bonchev–Trinajstić information content (AvgIpc) is 2.76. The number of carbonyl (C=O) groups excluding carboxylic acids is 1. The molecule has 6 heteroatoms. The van der Waals surface area contributed by atoms with E-state index in [4.69, 9.17) is 11.6 Å². The SMILES string of the molecule is CC(=O)N1CCC(=C2c3ccc(Cl)cc3S(=O)Cc3cccnc32)CC1. The Balaban J connectivity index is 1.91. The van der Waals surface area contributed by atoms with Gasteiger partial charge in [0.1, 0.15) is 0 Å². The van der Waals surface area contributed by atoms with Crippen molar-refractivity contribution in [3.05, 3.63) is 63.9 Å². The highest BCUT2D eigenvalue weighted by Crippen LogP contribution is 2.39. The van der Waals surface area contributed by atoms with Crippen LogP contribution in [0.15, 0.2) is 47.0 Å². The summed E-state index contributed by atoms with van der Waals surface area (Å²) in [5.74, 6) is 0.550. The summed E-state index contributed by atoms with van der Waals surface area (Å²) >= 11 is 6.18. The molecule has 1 aromatic heterocycles. The van der Waals surface area contributed by atoms with Crippen LogP contribution in [-0.2, 0) is 21.3 Å². The first-order valence-electron chi connectivity index (χ1n) is 8.64. The van der Waals surface area contributed by atoms with Crippen molar-refractivity contribution in [2.45, 2.75) is 30.4 Å². The van der Waals surface area contributed by atoms with Gasteiger partial charge in [-0.25, -0.2) is 0 Å². The zero-order chi connectivity index (χ0) is 18.3. The van der Waals surface area contributed by atoms with Crippen LogP contribution in [0.4, 0.5) is 0 Å². The Hall–Kier alpha value is -1.98. The van der Waals surface area contributed by atoms with Crippen molar-refractivity contribution in [1.29, 1.82) is 0 Å². The number of fused-ring (bicyclic) bond motifs is 2. The van der Waals surface area contributed by atoms with Gasteiger partial charge in [0.2, 0.25) is 5.91 Å². The van der Waals surface area contributed by atoms with E-state index in [0.717, 1.165) is 40.1 Å². The summed E-state index contributed by atoms with van der Waals surface area (Å²) in [5.41, 5.74) is 5.20. The van der Waals surface area contributed by atoms with E-state index < -0.39 is 10.8 Å². The average molecular weight is 387 g/mol. The molecule has 0 radical (unpaired) electrons. The molecule has 4 rings (SSSR count). The zero-order valence-corrected chi connectivity index (χ0v) is 16.1. The number of rotatable bonds is 0. The number of piperidine rings is 1. The lowest BCUT2D eigenvalue weighted by molar-refractivity contribution is -0.129. The van der Waals surface area contributed by atoms with Gasteiger partial charge in [-0.3, -0.25) is 14.0 Å². The lowest BCUT2D eigenvalue weighted by atomic mass is 9.89. The van der Waals surface area contributed by atoms with Crippen LogP contribution in [-0.4, -0.2) is 33.1 Å². The molecule has 1 saturated heterocycles. The minimum absolute atomic E-state index is 0.113. The maximum atomic E-state index is 12.9. The van der Waals surface area contributed by atoms with Gasteiger partial charge < -0.3 is 4.90 Å². The molecule has 0 N–H and O–H groups in total. The van der Waals surface area contributed by atoms with Crippen LogP contribution in [0.1, 0.15) is 36.6 Å². The van der Waals surface area contributed by atoms with Crippen LogP contribution < -0.4 is 0 Å². The topological polar surface area (TPSA) is 50.3 Å². The fraction of sp³-hybridized carbons (Fsp3) is 0.300. The predicted octanol–water partition coefficient (Wildman–Crippen LogP) is 3.80. The second-order valence-electron chi connectivity index (χ2n) is 6.63. The summed E-state index contributed by atoms with van der Waals surface area (Å²) < 4.78 is 12.9. The van der Waals surface area contributed by atoms with E-state index in [1.807, 2.05) is 35.2 Å². The van der Waals surface area contributed by atoms with Gasteiger partial charge in [-0.1, -0.05) is 29.3 Å². The third kappa shape index (κ3) is 3.10. The van der Waals surface area contributed by atoms with Crippen LogP contribution in [0.5, 0.6) is 0 Å². The van der Waals surface area contributed by atoms with E-state index in [1.54, 1.807) is 13.1 Å². The quantitative estimate of drug-likeness (QED) is 0.692. The molecule has 4 nitrogen and oxygen atoms in total. The highest BCUT2D eigenvalue weighted by Gasteiger charge is 2.28. The Morgan fingerprint density at radius 3 is 2.73 bits per heavy atom. The van der Waals surface area contributed by atoms with Gasteiger partial charge >= 0.3 is 0 Å². The maximum absolute atomic E-state index is 12.9. The summed E-state index contributed by atoms with van der Waals surface area (Å²) in [7, 11) is -1.17. The van der Waals surface area contributed by atoms with Crippen molar-refractivity contribution in [3.63, 3.8) is 0 Å². The molecule has 134 valence electrons. The highest BCUT2D eigenvalue weighted by atomic mass is 35.5. The Labute approximate surface area is 160 Å². The zero-order valence-electron chi connectivity index (χ0n) is 14.5. The first-order chi connectivity index (χ1) is 12.5. The van der Waals surface area contributed by atoms with Crippen LogP contribution in [0, 0.1) is 0 Å². The summed E-state index contributed by atoms with van der Waals surface area (Å²) in [6.07, 6.45) is 3.40. The van der Waals surface area contributed by atoms with Gasteiger partial charge in [-0.05, 0) is 36.6 Å². The number of carbonyl (C=O) groups is 1. The van der Waals surface area contributed by atoms with Crippen LogP contribution in [0.2, 0.25) is 5.02 Å². The van der Waals surface area contributed by atoms with Crippen molar-refractivity contribution >= 4 is 33.9 Å². The largest absolute Gasteiger partial charge is 0.342 e. The third-order valence-electron chi connectivity index (χ3n) is 5.04. The Kier molecular flexibility index (Phi) is 4.67. The Morgan fingerprint density at radius 1 is 1.23 bits per heavy atom. The van der Waals surface area contributed by atoms with Gasteiger partial charge in [-0.15, -0.1) is 0 Å². The van der Waals surface area contributed by atoms with E-state index in [1.165, 1.54) is 5.57 Å². The number of hydrogen-bond donors (Lipinski definition) is 0. The second kappa shape index (κ2) is 6.97. The number of benzene rings is 1. The van der Waals surface area contributed by atoms with Crippen molar-refractivity contribution in [3.8, 4) is 0 Å². The molecule has 3 heterocycles. The van der Waals surface area contributed by atoms with Gasteiger partial charge in [-0.2, -0.15) is 0 Å². The summed E-state index contributed by atoms with van der Waals surface area (Å²) in [5, 5.41) is 0.590. The van der Waals surface area contributed by atoms with Crippen LogP contribution in [0.3, 0.4) is 0 Å². The van der Waals surface area contributed by atoms with E-state index in [0.29, 0.717) is 23.9 Å². The van der Waals surface area contributed by atoms with Crippen molar-refractivity contribution in [2.75, 3.05) is 13.1 Å². The molecule has 2 aliphatic heterocycles. The van der Waals surface area contributed by atoms with E-state index in [2.05, 4.69) is 4.98 Å². The Bertz CT molecular complexity index is 945. The fourth-order valence-electron chi connectivity index (χ4n) is 3.72. The molecule has 0 saturated carbocycles. The lowest BCUT2D eigenvalue weighted by Gasteiger charge is -2.29. The molecule has 1 unspecified atom stereocenters. The normalized spacial score (nSPS) is 19.6. The predicted molar refractivity (Wildman–Crippen MR) is 103 cm³/mol. The van der Waals surface area contributed by atoms with Gasteiger partial charge in [0.05, 0.1) is 22.2 Å². The summed E-state index contributed by atoms with van der Waals surface area (Å²) in [6, 6.07) is 9.50. The molecule has 0 aliphatic carbocycles. The van der Waals surface area contributed by atoms with Gasteiger partial charge in [0.25, 0.3) is 0 Å². The van der Waals surface area contributed by atoms with E-state index in [-0.39, 0.29) is 5.91 Å². The molecule has 1 aromatic carbocycles.